The Morgan fingerprint density at radius 3 is 2.67 bits per heavy atom. The molecule has 0 aliphatic carbocycles. The van der Waals surface area contributed by atoms with Crippen LogP contribution in [0.3, 0.4) is 0 Å². The highest BCUT2D eigenvalue weighted by Gasteiger charge is 2.18. The molecule has 0 aliphatic heterocycles. The Bertz CT molecular complexity index is 875. The van der Waals surface area contributed by atoms with E-state index in [9.17, 15) is 4.79 Å². The Hall–Kier alpha value is -1.24. The van der Waals surface area contributed by atoms with E-state index in [1.807, 2.05) is 0 Å². The van der Waals surface area contributed by atoms with Crippen LogP contribution in [0.2, 0.25) is 0 Å². The van der Waals surface area contributed by atoms with Gasteiger partial charge < -0.3 is 0 Å². The zero-order chi connectivity index (χ0) is 17.1. The minimum absolute atomic E-state index is 0.209. The molecule has 1 aromatic carbocycles. The van der Waals surface area contributed by atoms with Gasteiger partial charge in [0.1, 0.15) is 22.0 Å². The first-order valence-electron chi connectivity index (χ1n) is 7.74. The van der Waals surface area contributed by atoms with Crippen LogP contribution in [0.1, 0.15) is 25.1 Å². The molecule has 0 N–H and O–H groups in total. The predicted octanol–water partition coefficient (Wildman–Crippen LogP) is 5.75. The summed E-state index contributed by atoms with van der Waals surface area (Å²) < 4.78 is 1.07. The summed E-state index contributed by atoms with van der Waals surface area (Å²) >= 11 is 6.87. The van der Waals surface area contributed by atoms with Crippen molar-refractivity contribution < 1.29 is 4.79 Å². The van der Waals surface area contributed by atoms with Crippen molar-refractivity contribution in [2.45, 2.75) is 31.7 Å². The van der Waals surface area contributed by atoms with Crippen molar-refractivity contribution in [3.63, 3.8) is 0 Å². The first kappa shape index (κ1) is 17.6. The highest BCUT2D eigenvalue weighted by molar-refractivity contribution is 9.10. The van der Waals surface area contributed by atoms with E-state index in [-0.39, 0.29) is 5.78 Å². The SMILES string of the molecule is CCc1sc2ncnc(SCCC(C)=O)c2c1-c1ccc(Br)cc1. The van der Waals surface area contributed by atoms with Crippen LogP contribution < -0.4 is 0 Å². The molecule has 0 atom stereocenters. The lowest BCUT2D eigenvalue weighted by molar-refractivity contribution is -0.116. The topological polar surface area (TPSA) is 42.9 Å². The number of hydrogen-bond acceptors (Lipinski definition) is 5. The molecule has 3 rings (SSSR count). The molecule has 0 spiro atoms. The molecule has 0 saturated carbocycles. The number of nitrogens with zero attached hydrogens (tertiary/aromatic N) is 2. The predicted molar refractivity (Wildman–Crippen MR) is 106 cm³/mol. The zero-order valence-corrected chi connectivity index (χ0v) is 16.7. The molecule has 3 nitrogen and oxygen atoms in total. The summed E-state index contributed by atoms with van der Waals surface area (Å²) in [5.41, 5.74) is 2.42. The highest BCUT2D eigenvalue weighted by atomic mass is 79.9. The van der Waals surface area contributed by atoms with Gasteiger partial charge in [0, 0.05) is 27.1 Å². The van der Waals surface area contributed by atoms with Gasteiger partial charge >= 0.3 is 0 Å². The van der Waals surface area contributed by atoms with Gasteiger partial charge in [-0.1, -0.05) is 35.0 Å². The van der Waals surface area contributed by atoms with Crippen molar-refractivity contribution in [1.82, 2.24) is 9.97 Å². The largest absolute Gasteiger partial charge is 0.300 e. The number of hydrogen-bond donors (Lipinski definition) is 0. The minimum atomic E-state index is 0.209. The molecule has 3 aromatic rings. The van der Waals surface area contributed by atoms with Crippen LogP contribution in [0, 0.1) is 0 Å². The van der Waals surface area contributed by atoms with E-state index < -0.39 is 0 Å². The molecular formula is C18H17BrN2OS2. The number of aryl methyl sites for hydroxylation is 1. The summed E-state index contributed by atoms with van der Waals surface area (Å²) in [6, 6.07) is 8.37. The molecule has 0 unspecified atom stereocenters. The molecule has 0 radical (unpaired) electrons. The normalized spacial score (nSPS) is 11.1. The second-order valence-corrected chi connectivity index (χ2v) is 8.50. The molecule has 0 bridgehead atoms. The minimum Gasteiger partial charge on any atom is -0.300 e. The van der Waals surface area contributed by atoms with Gasteiger partial charge in [-0.15, -0.1) is 23.1 Å². The lowest BCUT2D eigenvalue weighted by Gasteiger charge is -2.07. The monoisotopic (exact) mass is 420 g/mol. The van der Waals surface area contributed by atoms with Crippen LogP contribution in [0.25, 0.3) is 21.3 Å². The highest BCUT2D eigenvalue weighted by Crippen LogP contribution is 2.42. The van der Waals surface area contributed by atoms with E-state index in [2.05, 4.69) is 57.1 Å². The van der Waals surface area contributed by atoms with Crippen molar-refractivity contribution in [1.29, 1.82) is 0 Å². The number of aromatic nitrogens is 2. The molecule has 0 aliphatic rings. The van der Waals surface area contributed by atoms with Crippen molar-refractivity contribution >= 4 is 55.0 Å². The zero-order valence-electron chi connectivity index (χ0n) is 13.5. The maximum Gasteiger partial charge on any atom is 0.130 e. The summed E-state index contributed by atoms with van der Waals surface area (Å²) in [7, 11) is 0. The van der Waals surface area contributed by atoms with Crippen LogP contribution in [-0.4, -0.2) is 21.5 Å². The summed E-state index contributed by atoms with van der Waals surface area (Å²) in [6.07, 6.45) is 3.15. The number of halogens is 1. The molecule has 6 heteroatoms. The number of fused-ring (bicyclic) bond motifs is 1. The first-order valence-corrected chi connectivity index (χ1v) is 10.3. The van der Waals surface area contributed by atoms with Crippen molar-refractivity contribution in [2.75, 3.05) is 5.75 Å². The maximum atomic E-state index is 11.2. The number of thiophene rings is 1. The summed E-state index contributed by atoms with van der Waals surface area (Å²) in [5, 5.41) is 2.09. The Morgan fingerprint density at radius 1 is 1.25 bits per heavy atom. The van der Waals surface area contributed by atoms with Gasteiger partial charge in [-0.25, -0.2) is 9.97 Å². The third-order valence-corrected chi connectivity index (χ3v) is 6.44. The number of benzene rings is 1. The summed E-state index contributed by atoms with van der Waals surface area (Å²) in [5.74, 6) is 0.957. The van der Waals surface area contributed by atoms with Crippen LogP contribution >= 0.6 is 39.0 Å². The third-order valence-electron chi connectivity index (χ3n) is 3.67. The first-order chi connectivity index (χ1) is 11.6. The number of thioether (sulfide) groups is 1. The number of Topliss-reactive ketones (excluding diaryl/α,β-unsaturated/α-hetero) is 1. The van der Waals surface area contributed by atoms with Crippen LogP contribution in [0.5, 0.6) is 0 Å². The Balaban J connectivity index is 2.11. The van der Waals surface area contributed by atoms with E-state index in [4.69, 9.17) is 0 Å². The second-order valence-electron chi connectivity index (χ2n) is 5.42. The average Bonchev–Trinajstić information content (AvgIpc) is 2.95. The average molecular weight is 421 g/mol. The Kier molecular flexibility index (Phi) is 5.69. The standard InChI is InChI=1S/C18H17BrN2OS2/c1-3-14-15(12-4-6-13(19)7-5-12)16-17(23-9-8-11(2)22)20-10-21-18(16)24-14/h4-7,10H,3,8-9H2,1-2H3. The number of rotatable bonds is 6. The fourth-order valence-electron chi connectivity index (χ4n) is 2.52. The van der Waals surface area contributed by atoms with E-state index >= 15 is 0 Å². The molecule has 0 saturated heterocycles. The molecule has 24 heavy (non-hydrogen) atoms. The maximum absolute atomic E-state index is 11.2. The van der Waals surface area contributed by atoms with Crippen LogP contribution in [-0.2, 0) is 11.2 Å². The van der Waals surface area contributed by atoms with Gasteiger partial charge in [-0.2, -0.15) is 0 Å². The van der Waals surface area contributed by atoms with Gasteiger partial charge in [-0.05, 0) is 31.0 Å². The van der Waals surface area contributed by atoms with E-state index in [1.165, 1.54) is 16.0 Å². The lowest BCUT2D eigenvalue weighted by Crippen LogP contribution is -1.93. The lowest BCUT2D eigenvalue weighted by atomic mass is 10.0. The Morgan fingerprint density at radius 2 is 2.00 bits per heavy atom. The number of ketones is 1. The van der Waals surface area contributed by atoms with E-state index in [0.717, 1.165) is 31.9 Å². The van der Waals surface area contributed by atoms with Gasteiger partial charge in [0.05, 0.1) is 5.39 Å². The molecule has 2 heterocycles. The molecule has 124 valence electrons. The van der Waals surface area contributed by atoms with Gasteiger partial charge in [0.15, 0.2) is 0 Å². The van der Waals surface area contributed by atoms with Crippen molar-refractivity contribution in [3.8, 4) is 11.1 Å². The van der Waals surface area contributed by atoms with Crippen LogP contribution in [0.4, 0.5) is 0 Å². The van der Waals surface area contributed by atoms with Gasteiger partial charge in [-0.3, -0.25) is 4.79 Å². The number of carbonyl (C=O) groups excluding carboxylic acids is 1. The second kappa shape index (κ2) is 7.76. The van der Waals surface area contributed by atoms with E-state index in [0.29, 0.717) is 6.42 Å². The van der Waals surface area contributed by atoms with E-state index in [1.54, 1.807) is 36.3 Å². The fourth-order valence-corrected chi connectivity index (χ4v) is 5.00. The Labute approximate surface area is 158 Å². The quantitative estimate of drug-likeness (QED) is 0.375. The fraction of sp³-hybridized carbons (Fsp3) is 0.278. The van der Waals surface area contributed by atoms with Crippen LogP contribution in [0.15, 0.2) is 40.1 Å². The summed E-state index contributed by atoms with van der Waals surface area (Å²) in [4.78, 5) is 22.5. The molecule has 0 fully saturated rings. The van der Waals surface area contributed by atoms with Gasteiger partial charge in [0.25, 0.3) is 0 Å². The van der Waals surface area contributed by atoms with Crippen molar-refractivity contribution in [3.05, 3.63) is 39.9 Å². The molecule has 2 aromatic heterocycles. The molecular weight excluding hydrogens is 404 g/mol. The van der Waals surface area contributed by atoms with Gasteiger partial charge in [0.2, 0.25) is 0 Å². The third kappa shape index (κ3) is 3.71. The molecule has 0 amide bonds. The summed E-state index contributed by atoms with van der Waals surface area (Å²) in [6.45, 7) is 3.80. The van der Waals surface area contributed by atoms with Crippen molar-refractivity contribution in [2.24, 2.45) is 0 Å². The number of carbonyl (C=O) groups is 1. The smallest absolute Gasteiger partial charge is 0.130 e.